The van der Waals surface area contributed by atoms with Crippen molar-refractivity contribution < 1.29 is 4.52 Å². The average molecular weight is 202 g/mol. The van der Waals surface area contributed by atoms with Gasteiger partial charge in [-0.25, -0.2) is 0 Å². The molecule has 15 heavy (non-hydrogen) atoms. The summed E-state index contributed by atoms with van der Waals surface area (Å²) in [6.45, 7) is 3.98. The molecular weight excluding hydrogens is 192 g/mol. The molecule has 0 amide bonds. The van der Waals surface area contributed by atoms with Crippen LogP contribution in [0, 0.1) is 11.3 Å². The molecule has 5 heteroatoms. The predicted molar refractivity (Wildman–Crippen MR) is 52.9 cm³/mol. The Balaban J connectivity index is 2.34. The lowest BCUT2D eigenvalue weighted by Crippen LogP contribution is -1.89. The first kappa shape index (κ1) is 9.46. The van der Waals surface area contributed by atoms with Crippen molar-refractivity contribution in [1.29, 1.82) is 5.26 Å². The topological polar surface area (TPSA) is 78.5 Å². The fourth-order valence-electron chi connectivity index (χ4n) is 1.16. The SMILES string of the molecule is CC(C)c1noc(-c2ccc(C#N)[nH]2)n1. The summed E-state index contributed by atoms with van der Waals surface area (Å²) < 4.78 is 5.07. The van der Waals surface area contributed by atoms with Crippen LogP contribution in [0.15, 0.2) is 16.7 Å². The van der Waals surface area contributed by atoms with Crippen molar-refractivity contribution in [2.45, 2.75) is 19.8 Å². The zero-order chi connectivity index (χ0) is 10.8. The van der Waals surface area contributed by atoms with Gasteiger partial charge in [0.2, 0.25) is 0 Å². The summed E-state index contributed by atoms with van der Waals surface area (Å²) in [7, 11) is 0. The number of rotatable bonds is 2. The number of hydrogen-bond acceptors (Lipinski definition) is 4. The van der Waals surface area contributed by atoms with Gasteiger partial charge in [-0.2, -0.15) is 10.2 Å². The van der Waals surface area contributed by atoms with Crippen LogP contribution in [0.5, 0.6) is 0 Å². The lowest BCUT2D eigenvalue weighted by Gasteiger charge is -1.91. The first-order chi connectivity index (χ1) is 7.20. The maximum Gasteiger partial charge on any atom is 0.274 e. The minimum Gasteiger partial charge on any atom is -0.342 e. The molecule has 0 spiro atoms. The molecule has 0 aromatic carbocycles. The molecule has 0 saturated carbocycles. The molecule has 0 bridgehead atoms. The Morgan fingerprint density at radius 1 is 1.47 bits per heavy atom. The third-order valence-electron chi connectivity index (χ3n) is 1.99. The third-order valence-corrected chi connectivity index (χ3v) is 1.99. The molecule has 0 unspecified atom stereocenters. The van der Waals surface area contributed by atoms with Crippen LogP contribution in [0.4, 0.5) is 0 Å². The highest BCUT2D eigenvalue weighted by Gasteiger charge is 2.12. The van der Waals surface area contributed by atoms with E-state index in [1.807, 2.05) is 19.9 Å². The molecule has 1 N–H and O–H groups in total. The van der Waals surface area contributed by atoms with E-state index in [-0.39, 0.29) is 5.92 Å². The molecule has 0 aliphatic carbocycles. The quantitative estimate of drug-likeness (QED) is 0.808. The number of nitrogens with one attached hydrogen (secondary N) is 1. The lowest BCUT2D eigenvalue weighted by atomic mass is 10.2. The van der Waals surface area contributed by atoms with Crippen LogP contribution in [0.25, 0.3) is 11.6 Å². The van der Waals surface area contributed by atoms with E-state index in [0.29, 0.717) is 23.1 Å². The second kappa shape index (κ2) is 3.58. The number of H-pyrrole nitrogens is 1. The summed E-state index contributed by atoms with van der Waals surface area (Å²) in [6, 6.07) is 5.42. The third kappa shape index (κ3) is 1.74. The van der Waals surface area contributed by atoms with Crippen LogP contribution in [0.2, 0.25) is 0 Å². The van der Waals surface area contributed by atoms with E-state index in [2.05, 4.69) is 15.1 Å². The van der Waals surface area contributed by atoms with Crippen molar-refractivity contribution in [1.82, 2.24) is 15.1 Å². The Morgan fingerprint density at radius 3 is 2.80 bits per heavy atom. The fraction of sp³-hybridized carbons (Fsp3) is 0.300. The van der Waals surface area contributed by atoms with Crippen LogP contribution in [0.3, 0.4) is 0 Å². The largest absolute Gasteiger partial charge is 0.342 e. The van der Waals surface area contributed by atoms with E-state index < -0.39 is 0 Å². The first-order valence-corrected chi connectivity index (χ1v) is 4.64. The summed E-state index contributed by atoms with van der Waals surface area (Å²) in [6.07, 6.45) is 0. The van der Waals surface area contributed by atoms with Gasteiger partial charge in [0.05, 0.1) is 0 Å². The fourth-order valence-corrected chi connectivity index (χ4v) is 1.16. The highest BCUT2D eigenvalue weighted by Crippen LogP contribution is 2.18. The Morgan fingerprint density at radius 2 is 2.27 bits per heavy atom. The molecule has 0 aliphatic heterocycles. The number of aromatic amines is 1. The van der Waals surface area contributed by atoms with E-state index in [1.165, 1.54) is 0 Å². The van der Waals surface area contributed by atoms with E-state index >= 15 is 0 Å². The molecule has 0 fully saturated rings. The second-order valence-corrected chi connectivity index (χ2v) is 3.51. The normalized spacial score (nSPS) is 10.5. The van der Waals surface area contributed by atoms with Crippen LogP contribution in [-0.4, -0.2) is 15.1 Å². The minimum absolute atomic E-state index is 0.230. The molecule has 0 radical (unpaired) electrons. The van der Waals surface area contributed by atoms with Crippen molar-refractivity contribution in [2.75, 3.05) is 0 Å². The Bertz CT molecular complexity index is 503. The Labute approximate surface area is 86.7 Å². The maximum atomic E-state index is 8.64. The van der Waals surface area contributed by atoms with Crippen molar-refractivity contribution in [2.24, 2.45) is 0 Å². The summed E-state index contributed by atoms with van der Waals surface area (Å²) in [4.78, 5) is 7.08. The highest BCUT2D eigenvalue weighted by molar-refractivity contribution is 5.49. The molecule has 2 aromatic heterocycles. The Hall–Kier alpha value is -2.09. The molecule has 76 valence electrons. The van der Waals surface area contributed by atoms with E-state index in [0.717, 1.165) is 0 Å². The van der Waals surface area contributed by atoms with Crippen LogP contribution < -0.4 is 0 Å². The van der Waals surface area contributed by atoms with Gasteiger partial charge < -0.3 is 9.51 Å². The zero-order valence-electron chi connectivity index (χ0n) is 8.48. The van der Waals surface area contributed by atoms with Gasteiger partial charge in [-0.3, -0.25) is 0 Å². The van der Waals surface area contributed by atoms with Gasteiger partial charge in [0.1, 0.15) is 17.5 Å². The molecule has 0 saturated heterocycles. The highest BCUT2D eigenvalue weighted by atomic mass is 16.5. The van der Waals surface area contributed by atoms with Crippen LogP contribution in [0.1, 0.15) is 31.3 Å². The van der Waals surface area contributed by atoms with Crippen LogP contribution in [-0.2, 0) is 0 Å². The second-order valence-electron chi connectivity index (χ2n) is 3.51. The molecule has 5 nitrogen and oxygen atoms in total. The van der Waals surface area contributed by atoms with E-state index in [4.69, 9.17) is 9.78 Å². The molecule has 2 heterocycles. The van der Waals surface area contributed by atoms with Gasteiger partial charge in [0.15, 0.2) is 5.82 Å². The molecule has 0 atom stereocenters. The van der Waals surface area contributed by atoms with Crippen molar-refractivity contribution in [3.63, 3.8) is 0 Å². The summed E-state index contributed by atoms with van der Waals surface area (Å²) in [5.74, 6) is 1.31. The van der Waals surface area contributed by atoms with Gasteiger partial charge in [-0.05, 0) is 12.1 Å². The summed E-state index contributed by atoms with van der Waals surface area (Å²) in [5.41, 5.74) is 1.15. The maximum absolute atomic E-state index is 8.64. The lowest BCUT2D eigenvalue weighted by molar-refractivity contribution is 0.418. The zero-order valence-corrected chi connectivity index (χ0v) is 8.48. The van der Waals surface area contributed by atoms with E-state index in [1.54, 1.807) is 12.1 Å². The number of nitriles is 1. The number of nitrogens with zero attached hydrogens (tertiary/aromatic N) is 3. The molecule has 0 aliphatic rings. The van der Waals surface area contributed by atoms with Crippen molar-refractivity contribution >= 4 is 0 Å². The summed E-state index contributed by atoms with van der Waals surface area (Å²) >= 11 is 0. The van der Waals surface area contributed by atoms with Crippen LogP contribution >= 0.6 is 0 Å². The van der Waals surface area contributed by atoms with Gasteiger partial charge in [-0.15, -0.1) is 0 Å². The van der Waals surface area contributed by atoms with E-state index in [9.17, 15) is 0 Å². The monoisotopic (exact) mass is 202 g/mol. The molecular formula is C10H10N4O. The van der Waals surface area contributed by atoms with Crippen molar-refractivity contribution in [3.05, 3.63) is 23.7 Å². The minimum atomic E-state index is 0.230. The standard InChI is InChI=1S/C10H10N4O/c1-6(2)9-13-10(15-14-9)8-4-3-7(5-11)12-8/h3-4,6,12H,1-2H3. The van der Waals surface area contributed by atoms with Gasteiger partial charge in [-0.1, -0.05) is 19.0 Å². The number of aromatic nitrogens is 3. The molecule has 2 aromatic rings. The van der Waals surface area contributed by atoms with Gasteiger partial charge >= 0.3 is 0 Å². The van der Waals surface area contributed by atoms with Gasteiger partial charge in [0.25, 0.3) is 5.89 Å². The predicted octanol–water partition coefficient (Wildman–Crippen LogP) is 2.06. The number of hydrogen-bond donors (Lipinski definition) is 1. The molecule has 2 rings (SSSR count). The smallest absolute Gasteiger partial charge is 0.274 e. The Kier molecular flexibility index (Phi) is 2.26. The summed E-state index contributed by atoms with van der Waals surface area (Å²) in [5, 5.41) is 12.5. The van der Waals surface area contributed by atoms with Crippen molar-refractivity contribution in [3.8, 4) is 17.7 Å². The van der Waals surface area contributed by atoms with Gasteiger partial charge in [0, 0.05) is 5.92 Å². The first-order valence-electron chi connectivity index (χ1n) is 4.64. The average Bonchev–Trinajstić information content (AvgIpc) is 2.86.